The number of nitrogens with one attached hydrogen (secondary N) is 1. The molecule has 0 unspecified atom stereocenters. The molecule has 0 spiro atoms. The maximum Gasteiger partial charge on any atom is 0.179 e. The molecular formula is C18H14FNO2. The van der Waals surface area contributed by atoms with E-state index in [9.17, 15) is 14.0 Å². The normalized spacial score (nSPS) is 10.8. The molecule has 3 aromatic rings. The molecule has 0 amide bonds. The van der Waals surface area contributed by atoms with E-state index in [0.717, 1.165) is 17.4 Å². The second-order valence-corrected chi connectivity index (χ2v) is 5.20. The van der Waals surface area contributed by atoms with E-state index in [0.29, 0.717) is 29.5 Å². The molecule has 1 aromatic heterocycles. The van der Waals surface area contributed by atoms with Crippen LogP contribution in [-0.2, 0) is 6.42 Å². The smallest absolute Gasteiger partial charge is 0.179 e. The molecule has 0 aliphatic rings. The van der Waals surface area contributed by atoms with E-state index in [2.05, 4.69) is 4.98 Å². The van der Waals surface area contributed by atoms with Crippen molar-refractivity contribution in [2.75, 3.05) is 0 Å². The first-order valence-electron chi connectivity index (χ1n) is 7.01. The number of hydrogen-bond donors (Lipinski definition) is 1. The number of carbonyl (C=O) groups excluding carboxylic acids is 2. The fourth-order valence-corrected chi connectivity index (χ4v) is 2.47. The van der Waals surface area contributed by atoms with Gasteiger partial charge in [-0.25, -0.2) is 4.39 Å². The van der Waals surface area contributed by atoms with Gasteiger partial charge >= 0.3 is 0 Å². The Balaban J connectivity index is 1.74. The van der Waals surface area contributed by atoms with Gasteiger partial charge in [0, 0.05) is 22.9 Å². The minimum absolute atomic E-state index is 0.0342. The maximum atomic E-state index is 13.2. The summed E-state index contributed by atoms with van der Waals surface area (Å²) in [6, 6.07) is 13.2. The van der Waals surface area contributed by atoms with E-state index >= 15 is 0 Å². The zero-order valence-corrected chi connectivity index (χ0v) is 11.8. The SMILES string of the molecule is O=Cc1cccc(CCC(=O)c2cc3cc(F)ccc3[nH]2)c1. The number of aromatic amines is 1. The average Bonchev–Trinajstić information content (AvgIpc) is 2.96. The second kappa shape index (κ2) is 5.93. The van der Waals surface area contributed by atoms with Crippen molar-refractivity contribution in [1.82, 2.24) is 4.98 Å². The highest BCUT2D eigenvalue weighted by molar-refractivity contribution is 5.99. The molecule has 0 saturated heterocycles. The molecule has 0 aliphatic carbocycles. The Morgan fingerprint density at radius 3 is 2.82 bits per heavy atom. The third kappa shape index (κ3) is 2.96. The minimum atomic E-state index is -0.323. The highest BCUT2D eigenvalue weighted by Crippen LogP contribution is 2.18. The molecule has 0 radical (unpaired) electrons. The quantitative estimate of drug-likeness (QED) is 0.572. The monoisotopic (exact) mass is 295 g/mol. The molecule has 3 rings (SSSR count). The van der Waals surface area contributed by atoms with Crippen molar-refractivity contribution in [1.29, 1.82) is 0 Å². The number of hydrogen-bond acceptors (Lipinski definition) is 2. The van der Waals surface area contributed by atoms with Crippen LogP contribution in [0.4, 0.5) is 4.39 Å². The summed E-state index contributed by atoms with van der Waals surface area (Å²) in [6.45, 7) is 0. The van der Waals surface area contributed by atoms with Gasteiger partial charge in [0.1, 0.15) is 12.1 Å². The van der Waals surface area contributed by atoms with Crippen LogP contribution >= 0.6 is 0 Å². The van der Waals surface area contributed by atoms with E-state index in [1.54, 1.807) is 30.3 Å². The van der Waals surface area contributed by atoms with Gasteiger partial charge in [0.05, 0.1) is 5.69 Å². The molecule has 0 fully saturated rings. The average molecular weight is 295 g/mol. The zero-order chi connectivity index (χ0) is 15.5. The standard InChI is InChI=1S/C18H14FNO2/c19-15-5-6-16-14(9-15)10-17(20-16)18(22)7-4-12-2-1-3-13(8-12)11-21/h1-3,5-6,8-11,20H,4,7H2. The van der Waals surface area contributed by atoms with Gasteiger partial charge in [-0.2, -0.15) is 0 Å². The van der Waals surface area contributed by atoms with Crippen LogP contribution in [0.15, 0.2) is 48.5 Å². The predicted molar refractivity (Wildman–Crippen MR) is 82.7 cm³/mol. The summed E-state index contributed by atoms with van der Waals surface area (Å²) in [5.41, 5.74) is 2.77. The fourth-order valence-electron chi connectivity index (χ4n) is 2.47. The zero-order valence-electron chi connectivity index (χ0n) is 11.8. The fraction of sp³-hybridized carbons (Fsp3) is 0.111. The van der Waals surface area contributed by atoms with Crippen LogP contribution < -0.4 is 0 Å². The molecule has 1 N–H and O–H groups in total. The van der Waals surface area contributed by atoms with E-state index < -0.39 is 0 Å². The minimum Gasteiger partial charge on any atom is -0.352 e. The van der Waals surface area contributed by atoms with Gasteiger partial charge in [-0.15, -0.1) is 0 Å². The molecule has 0 saturated carbocycles. The van der Waals surface area contributed by atoms with Crippen molar-refractivity contribution in [3.05, 3.63) is 71.2 Å². The van der Waals surface area contributed by atoms with Gasteiger partial charge in [-0.05, 0) is 42.3 Å². The topological polar surface area (TPSA) is 49.9 Å². The lowest BCUT2D eigenvalue weighted by molar-refractivity contribution is 0.0978. The summed E-state index contributed by atoms with van der Waals surface area (Å²) in [5.74, 6) is -0.357. The first-order chi connectivity index (χ1) is 10.7. The van der Waals surface area contributed by atoms with Crippen LogP contribution in [-0.4, -0.2) is 17.1 Å². The third-order valence-corrected chi connectivity index (χ3v) is 3.61. The Hall–Kier alpha value is -2.75. The number of H-pyrrole nitrogens is 1. The van der Waals surface area contributed by atoms with Crippen molar-refractivity contribution >= 4 is 23.0 Å². The van der Waals surface area contributed by atoms with Crippen molar-refractivity contribution in [2.24, 2.45) is 0 Å². The Labute approximate surface area is 126 Å². The predicted octanol–water partition coefficient (Wildman–Crippen LogP) is 3.94. The Morgan fingerprint density at radius 2 is 2.00 bits per heavy atom. The summed E-state index contributed by atoms with van der Waals surface area (Å²) >= 11 is 0. The summed E-state index contributed by atoms with van der Waals surface area (Å²) in [5, 5.41) is 0.686. The summed E-state index contributed by atoms with van der Waals surface area (Å²) < 4.78 is 13.2. The number of ketones is 1. The van der Waals surface area contributed by atoms with Crippen LogP contribution in [0.5, 0.6) is 0 Å². The molecule has 0 atom stereocenters. The number of aromatic nitrogens is 1. The number of fused-ring (bicyclic) bond motifs is 1. The van der Waals surface area contributed by atoms with Crippen LogP contribution in [0.2, 0.25) is 0 Å². The molecule has 0 bridgehead atoms. The molecule has 110 valence electrons. The molecule has 0 aliphatic heterocycles. The maximum absolute atomic E-state index is 13.2. The summed E-state index contributed by atoms with van der Waals surface area (Å²) in [6.07, 6.45) is 1.68. The largest absolute Gasteiger partial charge is 0.352 e. The van der Waals surface area contributed by atoms with Crippen molar-refractivity contribution in [2.45, 2.75) is 12.8 Å². The highest BCUT2D eigenvalue weighted by Gasteiger charge is 2.10. The first-order valence-corrected chi connectivity index (χ1v) is 7.01. The second-order valence-electron chi connectivity index (χ2n) is 5.20. The molecule has 22 heavy (non-hydrogen) atoms. The van der Waals surface area contributed by atoms with Gasteiger partial charge in [0.2, 0.25) is 0 Å². The Morgan fingerprint density at radius 1 is 1.14 bits per heavy atom. The number of benzene rings is 2. The third-order valence-electron chi connectivity index (χ3n) is 3.61. The lowest BCUT2D eigenvalue weighted by Gasteiger charge is -2.01. The molecule has 4 heteroatoms. The van der Waals surface area contributed by atoms with Crippen molar-refractivity contribution < 1.29 is 14.0 Å². The molecular weight excluding hydrogens is 281 g/mol. The number of aldehydes is 1. The van der Waals surface area contributed by atoms with E-state index in [1.807, 2.05) is 6.07 Å². The van der Waals surface area contributed by atoms with E-state index in [-0.39, 0.29) is 11.6 Å². The Bertz CT molecular complexity index is 851. The summed E-state index contributed by atoms with van der Waals surface area (Å²) in [4.78, 5) is 26.0. The van der Waals surface area contributed by atoms with E-state index in [4.69, 9.17) is 0 Å². The van der Waals surface area contributed by atoms with Crippen LogP contribution in [0, 0.1) is 5.82 Å². The Kier molecular flexibility index (Phi) is 3.83. The van der Waals surface area contributed by atoms with Crippen molar-refractivity contribution in [3.63, 3.8) is 0 Å². The van der Waals surface area contributed by atoms with Gasteiger partial charge in [-0.3, -0.25) is 9.59 Å². The van der Waals surface area contributed by atoms with Gasteiger partial charge < -0.3 is 4.98 Å². The van der Waals surface area contributed by atoms with Crippen LogP contribution in [0.1, 0.15) is 32.8 Å². The lowest BCUT2D eigenvalue weighted by atomic mass is 10.0. The first kappa shape index (κ1) is 14.2. The van der Waals surface area contributed by atoms with Gasteiger partial charge in [-0.1, -0.05) is 18.2 Å². The van der Waals surface area contributed by atoms with E-state index in [1.165, 1.54) is 12.1 Å². The number of rotatable bonds is 5. The molecule has 2 aromatic carbocycles. The van der Waals surface area contributed by atoms with Gasteiger partial charge in [0.25, 0.3) is 0 Å². The lowest BCUT2D eigenvalue weighted by Crippen LogP contribution is -2.01. The highest BCUT2D eigenvalue weighted by atomic mass is 19.1. The number of aryl methyl sites for hydroxylation is 1. The number of carbonyl (C=O) groups is 2. The number of halogens is 1. The number of Topliss-reactive ketones (excluding diaryl/α,β-unsaturated/α-hetero) is 1. The summed E-state index contributed by atoms with van der Waals surface area (Å²) in [7, 11) is 0. The molecule has 3 nitrogen and oxygen atoms in total. The van der Waals surface area contributed by atoms with Gasteiger partial charge in [0.15, 0.2) is 5.78 Å². The van der Waals surface area contributed by atoms with Crippen molar-refractivity contribution in [3.8, 4) is 0 Å². The molecule has 1 heterocycles. The van der Waals surface area contributed by atoms with Crippen LogP contribution in [0.3, 0.4) is 0 Å². The van der Waals surface area contributed by atoms with Crippen LogP contribution in [0.25, 0.3) is 10.9 Å².